The van der Waals surface area contributed by atoms with Gasteiger partial charge in [0.1, 0.15) is 0 Å². The zero-order valence-electron chi connectivity index (χ0n) is 11.6. The lowest BCUT2D eigenvalue weighted by molar-refractivity contribution is -0.655. The first-order valence-corrected chi connectivity index (χ1v) is 7.40. The van der Waals surface area contributed by atoms with E-state index < -0.39 is 0 Å². The molecule has 1 aromatic heterocycles. The van der Waals surface area contributed by atoms with E-state index in [0.29, 0.717) is 5.56 Å². The number of aryl methyl sites for hydroxylation is 1. The van der Waals surface area contributed by atoms with E-state index in [0.717, 1.165) is 29.0 Å². The highest BCUT2D eigenvalue weighted by Gasteiger charge is 2.23. The fraction of sp³-hybridized carbons (Fsp3) is 0.357. The maximum Gasteiger partial charge on any atom is 0.298 e. The van der Waals surface area contributed by atoms with E-state index >= 15 is 0 Å². The van der Waals surface area contributed by atoms with Crippen molar-refractivity contribution < 1.29 is 9.47 Å². The van der Waals surface area contributed by atoms with Gasteiger partial charge in [-0.05, 0) is 12.1 Å². The van der Waals surface area contributed by atoms with Gasteiger partial charge in [-0.3, -0.25) is 10.6 Å². The lowest BCUT2D eigenvalue weighted by Gasteiger charge is -2.00. The lowest BCUT2D eigenvalue weighted by atomic mass is 10.1. The molecule has 106 valence electrons. The molecule has 0 fully saturated rings. The molecule has 6 heteroatoms. The van der Waals surface area contributed by atoms with Gasteiger partial charge >= 0.3 is 0 Å². The summed E-state index contributed by atoms with van der Waals surface area (Å²) in [5, 5.41) is 4.41. The first kappa shape index (κ1) is 14.7. The number of aromatic nitrogens is 3. The summed E-state index contributed by atoms with van der Waals surface area (Å²) in [6.07, 6.45) is 1.47. The Morgan fingerprint density at radius 1 is 1.30 bits per heavy atom. The van der Waals surface area contributed by atoms with Crippen LogP contribution in [0.3, 0.4) is 0 Å². The minimum absolute atomic E-state index is 0.0259. The average Bonchev–Trinajstić information content (AvgIpc) is 2.74. The van der Waals surface area contributed by atoms with Crippen molar-refractivity contribution in [3.05, 3.63) is 46.0 Å². The lowest BCUT2D eigenvalue weighted by Crippen LogP contribution is -2.50. The fourth-order valence-corrected chi connectivity index (χ4v) is 2.37. The molecule has 0 aliphatic rings. The summed E-state index contributed by atoms with van der Waals surface area (Å²) in [6.45, 7) is 4.20. The first-order chi connectivity index (χ1) is 9.56. The number of hydrogen-bond acceptors (Lipinski definition) is 3. The highest BCUT2D eigenvalue weighted by atomic mass is 79.9. The van der Waals surface area contributed by atoms with Crippen LogP contribution in [0, 0.1) is 0 Å². The van der Waals surface area contributed by atoms with Gasteiger partial charge in [-0.15, -0.1) is 9.36 Å². The summed E-state index contributed by atoms with van der Waals surface area (Å²) in [7, 11) is 0. The molecular formula is C14H18BrN4O+. The van der Waals surface area contributed by atoms with Crippen LogP contribution in [0.1, 0.15) is 35.9 Å². The molecule has 0 atom stereocenters. The van der Waals surface area contributed by atoms with Crippen molar-refractivity contribution in [1.82, 2.24) is 9.78 Å². The molecule has 0 aliphatic heterocycles. The summed E-state index contributed by atoms with van der Waals surface area (Å²) in [5.74, 6) is 7.64. The van der Waals surface area contributed by atoms with Gasteiger partial charge in [-0.1, -0.05) is 41.9 Å². The maximum absolute atomic E-state index is 12.3. The van der Waals surface area contributed by atoms with Gasteiger partial charge in [0.15, 0.2) is 12.3 Å². The number of rotatable bonds is 5. The number of carbonyl (C=O) groups excluding carboxylic acids is 1. The Kier molecular flexibility index (Phi) is 4.54. The van der Waals surface area contributed by atoms with E-state index in [-0.39, 0.29) is 12.3 Å². The van der Waals surface area contributed by atoms with E-state index in [1.165, 1.54) is 0 Å². The van der Waals surface area contributed by atoms with E-state index in [9.17, 15) is 4.79 Å². The molecule has 2 N–H and O–H groups in total. The smallest absolute Gasteiger partial charge is 0.290 e. The standard InChI is InChI=1S/C14H18BrN4O/c1-3-13-17-18(14(4-2)19(13)16)9-12(20)10-5-7-11(15)8-6-10/h5-8H,3-4,9,16H2,1-2H3/q+1. The van der Waals surface area contributed by atoms with Crippen molar-refractivity contribution in [2.45, 2.75) is 33.2 Å². The van der Waals surface area contributed by atoms with Crippen LogP contribution in [0.2, 0.25) is 0 Å². The van der Waals surface area contributed by atoms with E-state index in [2.05, 4.69) is 21.0 Å². The number of nitrogens with two attached hydrogens (primary N) is 1. The van der Waals surface area contributed by atoms with Crippen molar-refractivity contribution in [2.24, 2.45) is 0 Å². The number of benzene rings is 1. The van der Waals surface area contributed by atoms with Gasteiger partial charge in [0.2, 0.25) is 0 Å². The predicted molar refractivity (Wildman–Crippen MR) is 79.8 cm³/mol. The van der Waals surface area contributed by atoms with Crippen LogP contribution in [0.5, 0.6) is 0 Å². The summed E-state index contributed by atoms with van der Waals surface area (Å²) in [5.41, 5.74) is 0.673. The van der Waals surface area contributed by atoms with Crippen LogP contribution in [0.15, 0.2) is 28.7 Å². The van der Waals surface area contributed by atoms with E-state index in [1.54, 1.807) is 21.5 Å². The molecule has 2 aromatic rings. The topological polar surface area (TPSA) is 64.8 Å². The fourth-order valence-electron chi connectivity index (χ4n) is 2.10. The summed E-state index contributed by atoms with van der Waals surface area (Å²) in [6, 6.07) is 7.33. The molecule has 0 aliphatic carbocycles. The molecule has 0 saturated heterocycles. The molecule has 0 radical (unpaired) electrons. The average molecular weight is 338 g/mol. The normalized spacial score (nSPS) is 10.8. The highest BCUT2D eigenvalue weighted by Crippen LogP contribution is 2.11. The largest absolute Gasteiger partial charge is 0.298 e. The zero-order valence-corrected chi connectivity index (χ0v) is 13.2. The predicted octanol–water partition coefficient (Wildman–Crippen LogP) is 1.65. The van der Waals surface area contributed by atoms with E-state index in [4.69, 9.17) is 5.84 Å². The Bertz CT molecular complexity index is 619. The molecule has 2 rings (SSSR count). The Balaban J connectivity index is 2.25. The first-order valence-electron chi connectivity index (χ1n) is 6.61. The number of ketones is 1. The molecule has 0 spiro atoms. The second-order valence-corrected chi connectivity index (χ2v) is 5.41. The minimum Gasteiger partial charge on any atom is -0.290 e. The van der Waals surface area contributed by atoms with Crippen LogP contribution < -0.4 is 10.5 Å². The number of hydrogen-bond donors (Lipinski definition) is 1. The molecule has 0 bridgehead atoms. The third-order valence-electron chi connectivity index (χ3n) is 3.18. The molecule has 0 amide bonds. The highest BCUT2D eigenvalue weighted by molar-refractivity contribution is 9.10. The van der Waals surface area contributed by atoms with Crippen molar-refractivity contribution in [1.29, 1.82) is 0 Å². The van der Waals surface area contributed by atoms with Crippen LogP contribution in [-0.4, -0.2) is 15.6 Å². The maximum atomic E-state index is 12.3. The SMILES string of the molecule is CCc1nn(CC(=O)c2ccc(Br)cc2)c(CC)[n+]1N. The number of halogens is 1. The second kappa shape index (κ2) is 6.17. The third kappa shape index (κ3) is 2.90. The number of nitrogen functional groups attached to an aromatic ring is 1. The molecule has 1 heterocycles. The zero-order chi connectivity index (χ0) is 14.7. The summed E-state index contributed by atoms with van der Waals surface area (Å²) in [4.78, 5) is 12.3. The molecule has 1 aromatic carbocycles. The molecular weight excluding hydrogens is 320 g/mol. The van der Waals surface area contributed by atoms with Gasteiger partial charge in [0.05, 0.1) is 0 Å². The molecule has 0 saturated carbocycles. The Hall–Kier alpha value is -1.69. The van der Waals surface area contributed by atoms with Crippen molar-refractivity contribution in [3.63, 3.8) is 0 Å². The molecule has 20 heavy (non-hydrogen) atoms. The number of Topliss-reactive ketones (excluding diaryl/α,β-unsaturated/α-hetero) is 1. The summed E-state index contributed by atoms with van der Waals surface area (Å²) >= 11 is 3.36. The van der Waals surface area contributed by atoms with Crippen molar-refractivity contribution in [2.75, 3.05) is 5.84 Å². The number of nitrogens with zero attached hydrogens (tertiary/aromatic N) is 3. The van der Waals surface area contributed by atoms with Crippen LogP contribution in [0.4, 0.5) is 0 Å². The van der Waals surface area contributed by atoms with E-state index in [1.807, 2.05) is 26.0 Å². The quantitative estimate of drug-likeness (QED) is 0.512. The molecule has 5 nitrogen and oxygen atoms in total. The van der Waals surface area contributed by atoms with Gasteiger partial charge < -0.3 is 0 Å². The van der Waals surface area contributed by atoms with Gasteiger partial charge in [0, 0.05) is 28.0 Å². The van der Waals surface area contributed by atoms with Crippen LogP contribution in [0.25, 0.3) is 0 Å². The number of carbonyl (C=O) groups is 1. The molecule has 0 unspecified atom stereocenters. The second-order valence-electron chi connectivity index (χ2n) is 4.50. The minimum atomic E-state index is 0.0259. The monoisotopic (exact) mass is 337 g/mol. The van der Waals surface area contributed by atoms with Gasteiger partial charge in [-0.25, -0.2) is 0 Å². The Morgan fingerprint density at radius 3 is 2.50 bits per heavy atom. The van der Waals surface area contributed by atoms with Crippen molar-refractivity contribution in [3.8, 4) is 0 Å². The van der Waals surface area contributed by atoms with Crippen LogP contribution in [-0.2, 0) is 19.4 Å². The van der Waals surface area contributed by atoms with Crippen molar-refractivity contribution >= 4 is 21.7 Å². The Morgan fingerprint density at radius 2 is 1.95 bits per heavy atom. The van der Waals surface area contributed by atoms with Gasteiger partial charge in [-0.2, -0.15) is 0 Å². The van der Waals surface area contributed by atoms with Gasteiger partial charge in [0.25, 0.3) is 11.6 Å². The summed E-state index contributed by atoms with van der Waals surface area (Å²) < 4.78 is 4.23. The Labute approximate surface area is 126 Å². The van der Waals surface area contributed by atoms with Crippen LogP contribution >= 0.6 is 15.9 Å². The third-order valence-corrected chi connectivity index (χ3v) is 3.71.